The molecule has 2 aromatic rings. The lowest BCUT2D eigenvalue weighted by molar-refractivity contribution is -0.136. The maximum absolute atomic E-state index is 10.3. The van der Waals surface area contributed by atoms with Gasteiger partial charge in [0, 0.05) is 18.9 Å². The Balaban J connectivity index is 2.13. The maximum atomic E-state index is 10.3. The highest BCUT2D eigenvalue weighted by Gasteiger charge is 2.02. The van der Waals surface area contributed by atoms with Gasteiger partial charge in [0.25, 0.3) is 0 Å². The summed E-state index contributed by atoms with van der Waals surface area (Å²) in [6.07, 6.45) is 5.08. The molecule has 0 saturated carbocycles. The van der Waals surface area contributed by atoms with Gasteiger partial charge >= 0.3 is 5.97 Å². The lowest BCUT2D eigenvalue weighted by atomic mass is 10.4. The van der Waals surface area contributed by atoms with Crippen molar-refractivity contribution >= 4 is 17.3 Å². The van der Waals surface area contributed by atoms with E-state index in [0.717, 1.165) is 5.52 Å². The third-order valence-corrected chi connectivity index (χ3v) is 1.96. The normalized spacial score (nSPS) is 10.4. The Morgan fingerprint density at radius 1 is 1.53 bits per heavy atom. The monoisotopic (exact) mass is 206 g/mol. The van der Waals surface area contributed by atoms with Crippen molar-refractivity contribution in [3.8, 4) is 0 Å². The second kappa shape index (κ2) is 3.95. The van der Waals surface area contributed by atoms with Crippen molar-refractivity contribution in [1.29, 1.82) is 0 Å². The Morgan fingerprint density at radius 3 is 3.20 bits per heavy atom. The molecule has 2 N–H and O–H groups in total. The smallest absolute Gasteiger partial charge is 0.305 e. The second-order valence-electron chi connectivity index (χ2n) is 3.01. The van der Waals surface area contributed by atoms with E-state index >= 15 is 0 Å². The quantitative estimate of drug-likeness (QED) is 0.766. The van der Waals surface area contributed by atoms with Crippen molar-refractivity contribution in [2.45, 2.75) is 6.42 Å². The third kappa shape index (κ3) is 2.04. The van der Waals surface area contributed by atoms with Crippen LogP contribution in [0.15, 0.2) is 24.7 Å². The summed E-state index contributed by atoms with van der Waals surface area (Å²) in [7, 11) is 0. The Morgan fingerprint density at radius 2 is 2.40 bits per heavy atom. The van der Waals surface area contributed by atoms with E-state index in [1.807, 2.05) is 6.07 Å². The molecule has 0 spiro atoms. The molecule has 0 saturated heterocycles. The van der Waals surface area contributed by atoms with Crippen LogP contribution in [-0.2, 0) is 4.79 Å². The van der Waals surface area contributed by atoms with Crippen LogP contribution in [0.3, 0.4) is 0 Å². The number of hydrogen-bond acceptors (Lipinski definition) is 4. The van der Waals surface area contributed by atoms with E-state index in [4.69, 9.17) is 5.11 Å². The van der Waals surface area contributed by atoms with Crippen molar-refractivity contribution in [3.63, 3.8) is 0 Å². The number of aliphatic carboxylic acids is 1. The predicted octanol–water partition coefficient (Wildman–Crippen LogP) is 0.616. The Hall–Kier alpha value is -2.11. The molecule has 0 atom stereocenters. The van der Waals surface area contributed by atoms with Crippen LogP contribution in [0.1, 0.15) is 6.42 Å². The zero-order valence-corrected chi connectivity index (χ0v) is 7.92. The van der Waals surface area contributed by atoms with Gasteiger partial charge in [0.1, 0.15) is 5.52 Å². The Labute approximate surface area is 85.6 Å². The SMILES string of the molecule is O=C(O)CCNc1nccn2nccc12. The first-order valence-electron chi connectivity index (χ1n) is 4.51. The van der Waals surface area contributed by atoms with Crippen LogP contribution in [0, 0.1) is 0 Å². The van der Waals surface area contributed by atoms with E-state index in [-0.39, 0.29) is 6.42 Å². The van der Waals surface area contributed by atoms with E-state index < -0.39 is 5.97 Å². The first-order chi connectivity index (χ1) is 7.27. The minimum Gasteiger partial charge on any atom is -0.481 e. The van der Waals surface area contributed by atoms with Crippen molar-refractivity contribution < 1.29 is 9.90 Å². The molecule has 6 heteroatoms. The van der Waals surface area contributed by atoms with E-state index in [0.29, 0.717) is 12.4 Å². The number of carboxylic acid groups (broad SMARTS) is 1. The van der Waals surface area contributed by atoms with E-state index in [9.17, 15) is 4.79 Å². The zero-order chi connectivity index (χ0) is 10.7. The molecule has 0 fully saturated rings. The van der Waals surface area contributed by atoms with Crippen LogP contribution >= 0.6 is 0 Å². The first kappa shape index (κ1) is 9.45. The van der Waals surface area contributed by atoms with Gasteiger partial charge in [-0.15, -0.1) is 0 Å². The minimum absolute atomic E-state index is 0.0663. The summed E-state index contributed by atoms with van der Waals surface area (Å²) in [5.41, 5.74) is 0.836. The number of nitrogens with zero attached hydrogens (tertiary/aromatic N) is 3. The lowest BCUT2D eigenvalue weighted by Crippen LogP contribution is -2.09. The fourth-order valence-corrected chi connectivity index (χ4v) is 1.28. The first-order valence-corrected chi connectivity index (χ1v) is 4.51. The Kier molecular flexibility index (Phi) is 2.49. The van der Waals surface area contributed by atoms with Crippen LogP contribution in [-0.4, -0.2) is 32.2 Å². The predicted molar refractivity (Wildman–Crippen MR) is 53.7 cm³/mol. The molecular weight excluding hydrogens is 196 g/mol. The average molecular weight is 206 g/mol. The number of aromatic nitrogens is 3. The van der Waals surface area contributed by atoms with Gasteiger partial charge in [-0.05, 0) is 6.07 Å². The summed E-state index contributed by atoms with van der Waals surface area (Å²) in [6.45, 7) is 0.354. The van der Waals surface area contributed by atoms with Gasteiger partial charge in [0.15, 0.2) is 5.82 Å². The van der Waals surface area contributed by atoms with Gasteiger partial charge in [-0.2, -0.15) is 5.10 Å². The van der Waals surface area contributed by atoms with Crippen LogP contribution in [0.25, 0.3) is 5.52 Å². The van der Waals surface area contributed by atoms with E-state index in [2.05, 4.69) is 15.4 Å². The summed E-state index contributed by atoms with van der Waals surface area (Å²) in [5, 5.41) is 15.5. The minimum atomic E-state index is -0.831. The van der Waals surface area contributed by atoms with Crippen molar-refractivity contribution in [3.05, 3.63) is 24.7 Å². The molecule has 2 heterocycles. The summed E-state index contributed by atoms with van der Waals surface area (Å²) in [4.78, 5) is 14.4. The van der Waals surface area contributed by atoms with Crippen LogP contribution in [0.4, 0.5) is 5.82 Å². The standard InChI is InChI=1S/C9H10N4O2/c14-8(15)2-3-10-9-7-1-4-12-13(7)6-5-11-9/h1,4-6H,2-3H2,(H,10,11)(H,14,15). The topological polar surface area (TPSA) is 79.5 Å². The number of carboxylic acids is 1. The molecule has 78 valence electrons. The molecule has 0 aliphatic rings. The molecule has 0 unspecified atom stereocenters. The van der Waals surface area contributed by atoms with Crippen LogP contribution in [0.2, 0.25) is 0 Å². The van der Waals surface area contributed by atoms with Gasteiger partial charge in [0.2, 0.25) is 0 Å². The molecule has 0 aliphatic heterocycles. The van der Waals surface area contributed by atoms with Gasteiger partial charge in [0.05, 0.1) is 12.6 Å². The highest BCUT2D eigenvalue weighted by Crippen LogP contribution is 2.11. The molecule has 6 nitrogen and oxygen atoms in total. The third-order valence-electron chi connectivity index (χ3n) is 1.96. The number of anilines is 1. The van der Waals surface area contributed by atoms with E-state index in [1.54, 1.807) is 23.1 Å². The summed E-state index contributed by atoms with van der Waals surface area (Å²) >= 11 is 0. The van der Waals surface area contributed by atoms with Gasteiger partial charge in [-0.25, -0.2) is 9.50 Å². The average Bonchev–Trinajstić information content (AvgIpc) is 2.65. The van der Waals surface area contributed by atoms with Gasteiger partial charge < -0.3 is 10.4 Å². The molecule has 0 bridgehead atoms. The van der Waals surface area contributed by atoms with Crippen molar-refractivity contribution in [2.75, 3.05) is 11.9 Å². The fraction of sp³-hybridized carbons (Fsp3) is 0.222. The van der Waals surface area contributed by atoms with Gasteiger partial charge in [-0.1, -0.05) is 0 Å². The lowest BCUT2D eigenvalue weighted by Gasteiger charge is -2.04. The van der Waals surface area contributed by atoms with Crippen molar-refractivity contribution in [2.24, 2.45) is 0 Å². The number of carbonyl (C=O) groups is 1. The van der Waals surface area contributed by atoms with E-state index in [1.165, 1.54) is 0 Å². The van der Waals surface area contributed by atoms with Gasteiger partial charge in [-0.3, -0.25) is 4.79 Å². The second-order valence-corrected chi connectivity index (χ2v) is 3.01. The highest BCUT2D eigenvalue weighted by atomic mass is 16.4. The molecule has 2 aromatic heterocycles. The fourth-order valence-electron chi connectivity index (χ4n) is 1.28. The largest absolute Gasteiger partial charge is 0.481 e. The molecular formula is C9H10N4O2. The molecule has 0 radical (unpaired) electrons. The number of fused-ring (bicyclic) bond motifs is 1. The molecule has 0 aromatic carbocycles. The van der Waals surface area contributed by atoms with Crippen LogP contribution < -0.4 is 5.32 Å². The number of hydrogen-bond donors (Lipinski definition) is 2. The summed E-state index contributed by atoms with van der Waals surface area (Å²) < 4.78 is 1.68. The zero-order valence-electron chi connectivity index (χ0n) is 7.92. The molecule has 0 amide bonds. The Bertz CT molecular complexity index is 480. The van der Waals surface area contributed by atoms with Crippen LogP contribution in [0.5, 0.6) is 0 Å². The van der Waals surface area contributed by atoms with Crippen molar-refractivity contribution in [1.82, 2.24) is 14.6 Å². The number of nitrogens with one attached hydrogen (secondary N) is 1. The summed E-state index contributed by atoms with van der Waals surface area (Å²) in [5.74, 6) is -0.181. The highest BCUT2D eigenvalue weighted by molar-refractivity contribution is 5.69. The summed E-state index contributed by atoms with van der Waals surface area (Å²) in [6, 6.07) is 1.82. The maximum Gasteiger partial charge on any atom is 0.305 e. The molecule has 2 rings (SSSR count). The number of rotatable bonds is 4. The molecule has 15 heavy (non-hydrogen) atoms. The molecule has 0 aliphatic carbocycles.